The van der Waals surface area contributed by atoms with Gasteiger partial charge in [0.1, 0.15) is 20.2 Å². The van der Waals surface area contributed by atoms with Crippen LogP contribution >= 0.6 is 19.8 Å². The van der Waals surface area contributed by atoms with E-state index in [1.165, 1.54) is 10.9 Å². The number of carbonyl (C=O) groups is 6. The topological polar surface area (TPSA) is 330 Å². The minimum Gasteiger partial charge on any atom is -0.480 e. The highest BCUT2D eigenvalue weighted by molar-refractivity contribution is 7.80. The molecule has 1 aliphatic rings. The molecular weight excluding hydrogens is 940 g/mol. The number of thiocarbonyl (C=S) groups is 1. The van der Waals surface area contributed by atoms with Crippen LogP contribution in [0.3, 0.4) is 0 Å². The van der Waals surface area contributed by atoms with Crippen molar-refractivity contribution in [3.8, 4) is 0 Å². The largest absolute Gasteiger partial charge is 0.480 e. The van der Waals surface area contributed by atoms with Gasteiger partial charge in [0.25, 0.3) is 19.4 Å². The summed E-state index contributed by atoms with van der Waals surface area (Å²) in [6.07, 6.45) is 3.64. The summed E-state index contributed by atoms with van der Waals surface area (Å²) in [6.45, 7) is 2.36. The summed E-state index contributed by atoms with van der Waals surface area (Å²) in [4.78, 5) is 103. The first-order valence-corrected chi connectivity index (χ1v) is 23.4. The molecule has 68 heavy (non-hydrogen) atoms. The zero-order chi connectivity index (χ0) is 50.1. The van der Waals surface area contributed by atoms with Crippen LogP contribution in [0.25, 0.3) is 0 Å². The standard InChI is InChI=1S/C40H63N10O16PS/c1-40(60,67(61,62)63)24-49-19-34(42-25-49)6-7-41-39(68)43-33-4-2-32(3-5-33)18-35-20-48(23-38(58)59)15-11-45(22-37(56)57)9-8-44(21-36(54)55)10-12-46(26-64-29-51)13-14-47(27-65-30-52)16-17-50(35)28-66-31-53/h2-5,19,25,29-31,35,60H,6-18,20-24,26-28H2,1H3,(H,54,55)(H,56,57)(H,58,59)(H2,41,43,68)(H2,61,62,63). The fourth-order valence-corrected chi connectivity index (χ4v) is 7.69. The summed E-state index contributed by atoms with van der Waals surface area (Å²) < 4.78 is 28.4. The zero-order valence-corrected chi connectivity index (χ0v) is 39.5. The average Bonchev–Trinajstić information content (AvgIpc) is 3.70. The number of aromatic nitrogens is 2. The van der Waals surface area contributed by atoms with Gasteiger partial charge in [-0.2, -0.15) is 0 Å². The van der Waals surface area contributed by atoms with Gasteiger partial charge < -0.3 is 59.6 Å². The second kappa shape index (κ2) is 29.6. The number of nitrogens with zero attached hydrogens (tertiary/aromatic N) is 8. The van der Waals surface area contributed by atoms with Gasteiger partial charge in [-0.05, 0) is 43.3 Å². The molecule has 0 bridgehead atoms. The minimum absolute atomic E-state index is 0.0986. The van der Waals surface area contributed by atoms with Crippen molar-refractivity contribution in [2.75, 3.05) is 124 Å². The molecule has 2 atom stereocenters. The number of anilines is 1. The molecule has 380 valence electrons. The Kier molecular flexibility index (Phi) is 24.9. The number of carbonyl (C=O) groups excluding carboxylic acids is 3. The number of carboxylic acid groups (broad SMARTS) is 3. The maximum atomic E-state index is 12.3. The normalized spacial score (nSPS) is 18.5. The van der Waals surface area contributed by atoms with Gasteiger partial charge >= 0.3 is 25.5 Å². The van der Waals surface area contributed by atoms with Gasteiger partial charge in [-0.3, -0.25) is 62.7 Å². The van der Waals surface area contributed by atoms with Crippen molar-refractivity contribution in [3.05, 3.63) is 48.0 Å². The number of rotatable bonds is 24. The molecule has 0 radical (unpaired) electrons. The van der Waals surface area contributed by atoms with Gasteiger partial charge in [0.05, 0.1) is 38.2 Å². The Morgan fingerprint density at radius 1 is 0.765 bits per heavy atom. The van der Waals surface area contributed by atoms with E-state index in [0.717, 1.165) is 12.5 Å². The molecule has 0 saturated carbocycles. The Morgan fingerprint density at radius 3 is 1.74 bits per heavy atom. The Bertz CT molecular complexity index is 1960. The Labute approximate surface area is 398 Å². The fraction of sp³-hybridized carbons (Fsp3) is 0.600. The molecule has 1 fully saturated rings. The molecule has 1 aromatic heterocycles. The summed E-state index contributed by atoms with van der Waals surface area (Å²) in [5.74, 6) is -3.37. The summed E-state index contributed by atoms with van der Waals surface area (Å²) in [5, 5.41) is 43.8. The van der Waals surface area contributed by atoms with E-state index in [4.69, 9.17) is 26.4 Å². The molecule has 0 amide bonds. The molecule has 26 nitrogen and oxygen atoms in total. The molecule has 3 rings (SSSR count). The predicted octanol–water partition coefficient (Wildman–Crippen LogP) is -2.32. The van der Waals surface area contributed by atoms with Crippen molar-refractivity contribution in [1.29, 1.82) is 0 Å². The van der Waals surface area contributed by atoms with Crippen LogP contribution in [0, 0.1) is 0 Å². The first kappa shape index (κ1) is 57.1. The third-order valence-corrected chi connectivity index (χ3v) is 12.4. The van der Waals surface area contributed by atoms with Gasteiger partial charge in [-0.1, -0.05) is 12.1 Å². The van der Waals surface area contributed by atoms with Crippen molar-refractivity contribution in [2.24, 2.45) is 0 Å². The number of aliphatic hydroxyl groups is 1. The second-order valence-electron chi connectivity index (χ2n) is 16.2. The molecule has 28 heteroatoms. The maximum Gasteiger partial charge on any atom is 0.358 e. The van der Waals surface area contributed by atoms with Crippen LogP contribution in [0.5, 0.6) is 0 Å². The molecule has 1 saturated heterocycles. The lowest BCUT2D eigenvalue weighted by atomic mass is 10.0. The van der Waals surface area contributed by atoms with Crippen molar-refractivity contribution in [3.63, 3.8) is 0 Å². The Morgan fingerprint density at radius 2 is 1.24 bits per heavy atom. The molecule has 0 aliphatic carbocycles. The SMILES string of the molecule is CC(O)(Cn1cnc(CCNC(=S)Nc2ccc(CC3CN(CC(=O)O)CCN(CC(=O)O)CCN(CC(=O)O)CCN(COC=O)CCN(COC=O)CCN3COC=O)cc2)c1)P(=O)(O)O. The van der Waals surface area contributed by atoms with Crippen molar-refractivity contribution < 1.29 is 77.8 Å². The maximum absolute atomic E-state index is 12.3. The molecular formula is C40H63N10O16PS. The number of carboxylic acids is 3. The number of hydrogen-bond acceptors (Lipinski definition) is 19. The highest BCUT2D eigenvalue weighted by Crippen LogP contribution is 2.49. The van der Waals surface area contributed by atoms with Crippen LogP contribution in [0.4, 0.5) is 5.69 Å². The van der Waals surface area contributed by atoms with Gasteiger partial charge in [-0.15, -0.1) is 0 Å². The summed E-state index contributed by atoms with van der Waals surface area (Å²) >= 11 is 5.48. The zero-order valence-electron chi connectivity index (χ0n) is 37.8. The lowest BCUT2D eigenvalue weighted by Crippen LogP contribution is -2.52. The molecule has 1 aromatic carbocycles. The summed E-state index contributed by atoms with van der Waals surface area (Å²) in [5.41, 5.74) is 2.03. The highest BCUT2D eigenvalue weighted by atomic mass is 32.1. The van der Waals surface area contributed by atoms with Gasteiger partial charge in [0.2, 0.25) is 0 Å². The Hall–Kier alpha value is -5.19. The smallest absolute Gasteiger partial charge is 0.358 e. The first-order chi connectivity index (χ1) is 32.3. The molecule has 0 spiro atoms. The number of aliphatic carboxylic acids is 3. The number of hydrogen-bond donors (Lipinski definition) is 8. The molecule has 2 aromatic rings. The summed E-state index contributed by atoms with van der Waals surface area (Å²) in [7, 11) is -4.78. The van der Waals surface area contributed by atoms with E-state index in [9.17, 15) is 63.5 Å². The third-order valence-electron chi connectivity index (χ3n) is 10.8. The summed E-state index contributed by atoms with van der Waals surface area (Å²) in [6, 6.07) is 6.74. The molecule has 8 N–H and O–H groups in total. The van der Waals surface area contributed by atoms with E-state index < -0.39 is 50.0 Å². The minimum atomic E-state index is -4.78. The second-order valence-corrected chi connectivity index (χ2v) is 18.6. The van der Waals surface area contributed by atoms with Crippen LogP contribution in [-0.4, -0.2) is 241 Å². The van der Waals surface area contributed by atoms with Gasteiger partial charge in [0.15, 0.2) is 10.5 Å². The van der Waals surface area contributed by atoms with Crippen LogP contribution < -0.4 is 10.6 Å². The third kappa shape index (κ3) is 22.3. The predicted molar refractivity (Wildman–Crippen MR) is 245 cm³/mol. The van der Waals surface area contributed by atoms with E-state index in [2.05, 4.69) is 15.6 Å². The van der Waals surface area contributed by atoms with Crippen molar-refractivity contribution >= 4 is 67.9 Å². The Balaban J connectivity index is 1.86. The van der Waals surface area contributed by atoms with E-state index in [1.807, 2.05) is 17.0 Å². The number of nitrogens with one attached hydrogen (secondary N) is 2. The quantitative estimate of drug-likeness (QED) is 0.0237. The van der Waals surface area contributed by atoms with Gasteiger partial charge in [-0.25, -0.2) is 4.98 Å². The lowest BCUT2D eigenvalue weighted by molar-refractivity contribution is -0.141. The molecule has 2 unspecified atom stereocenters. The lowest BCUT2D eigenvalue weighted by Gasteiger charge is -2.37. The van der Waals surface area contributed by atoms with Crippen LogP contribution in [-0.2, 0) is 66.9 Å². The number of ether oxygens (including phenoxy) is 3. The van der Waals surface area contributed by atoms with E-state index in [-0.39, 0.29) is 112 Å². The van der Waals surface area contributed by atoms with Crippen LogP contribution in [0.2, 0.25) is 0 Å². The first-order valence-electron chi connectivity index (χ1n) is 21.4. The van der Waals surface area contributed by atoms with Crippen LogP contribution in [0.1, 0.15) is 18.2 Å². The average molecular weight is 1000 g/mol. The molecule has 2 heterocycles. The highest BCUT2D eigenvalue weighted by Gasteiger charge is 2.40. The van der Waals surface area contributed by atoms with Crippen molar-refractivity contribution in [2.45, 2.75) is 37.7 Å². The molecule has 1 aliphatic heterocycles. The number of imidazole rings is 1. The van der Waals surface area contributed by atoms with Crippen LogP contribution in [0.15, 0.2) is 36.8 Å². The van der Waals surface area contributed by atoms with Crippen molar-refractivity contribution in [1.82, 2.24) is 44.3 Å². The van der Waals surface area contributed by atoms with E-state index in [0.29, 0.717) is 48.8 Å². The van der Waals surface area contributed by atoms with Gasteiger partial charge in [0, 0.05) is 103 Å². The number of benzene rings is 1. The van der Waals surface area contributed by atoms with E-state index in [1.54, 1.807) is 42.8 Å². The monoisotopic (exact) mass is 1000 g/mol. The fourth-order valence-electron chi connectivity index (χ4n) is 7.12. The van der Waals surface area contributed by atoms with E-state index >= 15 is 0 Å².